The highest BCUT2D eigenvalue weighted by molar-refractivity contribution is 7.99. The molecule has 7 heteroatoms. The molecule has 4 nitrogen and oxygen atoms in total. The van der Waals surface area contributed by atoms with Crippen molar-refractivity contribution in [2.75, 3.05) is 5.32 Å². The Kier molecular flexibility index (Phi) is 4.53. The second-order valence-electron chi connectivity index (χ2n) is 5.37. The van der Waals surface area contributed by atoms with Crippen molar-refractivity contribution in [2.45, 2.75) is 23.6 Å². The topological polar surface area (TPSA) is 42.7 Å². The van der Waals surface area contributed by atoms with Gasteiger partial charge in [0, 0.05) is 11.9 Å². The lowest BCUT2D eigenvalue weighted by atomic mass is 10.2. The normalized spacial score (nSPS) is 10.9. The lowest BCUT2D eigenvalue weighted by Crippen LogP contribution is -2.02. The number of nitrogens with zero attached hydrogens (tertiary/aromatic N) is 3. The van der Waals surface area contributed by atoms with Gasteiger partial charge in [-0.15, -0.1) is 0 Å². The van der Waals surface area contributed by atoms with Crippen LogP contribution in [-0.4, -0.2) is 14.8 Å². The van der Waals surface area contributed by atoms with Gasteiger partial charge in [-0.1, -0.05) is 23.9 Å². The first-order chi connectivity index (χ1) is 11.4. The fraction of sp³-hybridized carbons (Fsp3) is 0.176. The maximum absolute atomic E-state index is 13.8. The van der Waals surface area contributed by atoms with E-state index in [0.717, 1.165) is 15.5 Å². The van der Waals surface area contributed by atoms with E-state index in [1.54, 1.807) is 36.9 Å². The average molecular weight is 346 g/mol. The number of pyridine rings is 1. The van der Waals surface area contributed by atoms with E-state index in [1.165, 1.54) is 23.9 Å². The van der Waals surface area contributed by atoms with Crippen LogP contribution in [0.4, 0.5) is 20.4 Å². The first kappa shape index (κ1) is 16.4. The van der Waals surface area contributed by atoms with E-state index in [0.29, 0.717) is 17.2 Å². The molecule has 2 aromatic heterocycles. The number of rotatable bonds is 4. The van der Waals surface area contributed by atoms with Gasteiger partial charge in [0.25, 0.3) is 0 Å². The summed E-state index contributed by atoms with van der Waals surface area (Å²) in [6.07, 6.45) is 0. The Morgan fingerprint density at radius 3 is 2.62 bits per heavy atom. The third kappa shape index (κ3) is 3.41. The molecule has 1 N–H and O–H groups in total. The molecule has 0 radical (unpaired) electrons. The molecule has 3 aromatic rings. The zero-order valence-corrected chi connectivity index (χ0v) is 14.3. The first-order valence-corrected chi connectivity index (χ1v) is 8.13. The molecule has 0 unspecified atom stereocenters. The van der Waals surface area contributed by atoms with Crippen LogP contribution in [-0.2, 0) is 7.05 Å². The minimum absolute atomic E-state index is 0.247. The second-order valence-corrected chi connectivity index (χ2v) is 6.45. The molecule has 3 rings (SSSR count). The number of aromatic nitrogens is 3. The van der Waals surface area contributed by atoms with Gasteiger partial charge in [-0.25, -0.2) is 9.37 Å². The number of anilines is 2. The van der Waals surface area contributed by atoms with Crippen molar-refractivity contribution >= 4 is 23.4 Å². The summed E-state index contributed by atoms with van der Waals surface area (Å²) in [7, 11) is 1.79. The predicted molar refractivity (Wildman–Crippen MR) is 90.7 cm³/mol. The molecule has 2 heterocycles. The van der Waals surface area contributed by atoms with Gasteiger partial charge < -0.3 is 5.32 Å². The summed E-state index contributed by atoms with van der Waals surface area (Å²) >= 11 is 1.40. The molecule has 0 atom stereocenters. The zero-order valence-electron chi connectivity index (χ0n) is 13.5. The van der Waals surface area contributed by atoms with Gasteiger partial charge >= 0.3 is 0 Å². The van der Waals surface area contributed by atoms with Crippen molar-refractivity contribution < 1.29 is 8.78 Å². The Labute approximate surface area is 142 Å². The highest BCUT2D eigenvalue weighted by Gasteiger charge is 2.16. The Bertz CT molecular complexity index is 892. The van der Waals surface area contributed by atoms with Crippen LogP contribution in [0.1, 0.15) is 11.3 Å². The maximum atomic E-state index is 13.8. The van der Waals surface area contributed by atoms with E-state index in [9.17, 15) is 8.78 Å². The fourth-order valence-electron chi connectivity index (χ4n) is 2.25. The van der Waals surface area contributed by atoms with Gasteiger partial charge in [0.2, 0.25) is 5.95 Å². The van der Waals surface area contributed by atoms with Crippen molar-refractivity contribution in [3.05, 3.63) is 59.4 Å². The molecule has 0 saturated carbocycles. The minimum Gasteiger partial charge on any atom is -0.324 e. The lowest BCUT2D eigenvalue weighted by Gasteiger charge is -2.09. The van der Waals surface area contributed by atoms with Crippen LogP contribution < -0.4 is 5.32 Å². The van der Waals surface area contributed by atoms with Crippen LogP contribution >= 0.6 is 11.8 Å². The SMILES string of the molecule is Cc1ccc(Sc2c(C)nn(C)c2Nc2cccc(F)n2)cc1F. The molecule has 1 aromatic carbocycles. The van der Waals surface area contributed by atoms with Gasteiger partial charge in [0.15, 0.2) is 0 Å². The number of nitrogens with one attached hydrogen (secondary N) is 1. The summed E-state index contributed by atoms with van der Waals surface area (Å²) < 4.78 is 28.7. The van der Waals surface area contributed by atoms with E-state index in [-0.39, 0.29) is 5.82 Å². The van der Waals surface area contributed by atoms with Crippen LogP contribution in [0, 0.1) is 25.6 Å². The predicted octanol–water partition coefficient (Wildman–Crippen LogP) is 4.60. The van der Waals surface area contributed by atoms with Gasteiger partial charge in [-0.3, -0.25) is 4.68 Å². The fourth-order valence-corrected chi connectivity index (χ4v) is 3.26. The molecule has 0 aliphatic rings. The maximum Gasteiger partial charge on any atom is 0.214 e. The molecule has 124 valence electrons. The van der Waals surface area contributed by atoms with Crippen LogP contribution in [0.3, 0.4) is 0 Å². The molecule has 0 spiro atoms. The van der Waals surface area contributed by atoms with Crippen molar-refractivity contribution in [1.82, 2.24) is 14.8 Å². The Balaban J connectivity index is 1.94. The number of hydrogen-bond acceptors (Lipinski definition) is 4. The van der Waals surface area contributed by atoms with E-state index in [4.69, 9.17) is 0 Å². The first-order valence-electron chi connectivity index (χ1n) is 7.31. The Morgan fingerprint density at radius 1 is 1.12 bits per heavy atom. The monoisotopic (exact) mass is 346 g/mol. The summed E-state index contributed by atoms with van der Waals surface area (Å²) in [6.45, 7) is 3.60. The molecule has 0 fully saturated rings. The number of hydrogen-bond donors (Lipinski definition) is 1. The van der Waals surface area contributed by atoms with Crippen LogP contribution in [0.25, 0.3) is 0 Å². The highest BCUT2D eigenvalue weighted by atomic mass is 32.2. The summed E-state index contributed by atoms with van der Waals surface area (Å²) in [6, 6.07) is 9.63. The Hall–Kier alpha value is -2.41. The molecular formula is C17H16F2N4S. The van der Waals surface area contributed by atoms with Gasteiger partial charge in [0.1, 0.15) is 17.5 Å². The van der Waals surface area contributed by atoms with Crippen LogP contribution in [0.5, 0.6) is 0 Å². The number of aryl methyl sites for hydroxylation is 3. The molecule has 0 saturated heterocycles. The number of halogens is 2. The largest absolute Gasteiger partial charge is 0.324 e. The average Bonchev–Trinajstić information content (AvgIpc) is 2.78. The number of benzene rings is 1. The minimum atomic E-state index is -0.561. The van der Waals surface area contributed by atoms with Gasteiger partial charge in [0.05, 0.1) is 10.6 Å². The Morgan fingerprint density at radius 2 is 1.92 bits per heavy atom. The zero-order chi connectivity index (χ0) is 17.3. The highest BCUT2D eigenvalue weighted by Crippen LogP contribution is 2.37. The summed E-state index contributed by atoms with van der Waals surface area (Å²) in [5.74, 6) is 0.253. The molecule has 0 amide bonds. The second kappa shape index (κ2) is 6.60. The van der Waals surface area contributed by atoms with Gasteiger partial charge in [-0.05, 0) is 43.7 Å². The van der Waals surface area contributed by atoms with Crippen molar-refractivity contribution in [3.8, 4) is 0 Å². The summed E-state index contributed by atoms with van der Waals surface area (Å²) in [4.78, 5) is 5.41. The summed E-state index contributed by atoms with van der Waals surface area (Å²) in [5.41, 5.74) is 1.40. The van der Waals surface area contributed by atoms with Crippen molar-refractivity contribution in [3.63, 3.8) is 0 Å². The molecule has 24 heavy (non-hydrogen) atoms. The quantitative estimate of drug-likeness (QED) is 0.701. The van der Waals surface area contributed by atoms with E-state index in [1.807, 2.05) is 13.0 Å². The van der Waals surface area contributed by atoms with Crippen LogP contribution in [0.2, 0.25) is 0 Å². The summed E-state index contributed by atoms with van der Waals surface area (Å²) in [5, 5.41) is 7.47. The standard InChI is InChI=1S/C17H16F2N4S/c1-10-7-8-12(9-13(10)18)24-16-11(2)22-23(3)17(16)21-15-6-4-5-14(19)20-15/h4-9H,1-3H3,(H,20,21). The van der Waals surface area contributed by atoms with Crippen molar-refractivity contribution in [2.24, 2.45) is 7.05 Å². The van der Waals surface area contributed by atoms with Gasteiger partial charge in [-0.2, -0.15) is 9.49 Å². The van der Waals surface area contributed by atoms with E-state index >= 15 is 0 Å². The molecule has 0 aliphatic carbocycles. The van der Waals surface area contributed by atoms with E-state index < -0.39 is 5.95 Å². The van der Waals surface area contributed by atoms with E-state index in [2.05, 4.69) is 15.4 Å². The third-order valence-electron chi connectivity index (χ3n) is 3.49. The molecule has 0 bridgehead atoms. The molecule has 0 aliphatic heterocycles. The van der Waals surface area contributed by atoms with Crippen LogP contribution in [0.15, 0.2) is 46.2 Å². The smallest absolute Gasteiger partial charge is 0.214 e. The third-order valence-corrected chi connectivity index (χ3v) is 4.67. The molecular weight excluding hydrogens is 330 g/mol. The lowest BCUT2D eigenvalue weighted by molar-refractivity contribution is 0.585. The van der Waals surface area contributed by atoms with Crippen molar-refractivity contribution in [1.29, 1.82) is 0 Å².